The predicted octanol–water partition coefficient (Wildman–Crippen LogP) is 3.55. The van der Waals surface area contributed by atoms with Crippen LogP contribution in [0, 0.1) is 6.92 Å². The van der Waals surface area contributed by atoms with E-state index < -0.39 is 5.97 Å². The number of Topliss-reactive ketones (excluding diaryl/α,β-unsaturated/α-hetero) is 1. The van der Waals surface area contributed by atoms with Gasteiger partial charge in [0.1, 0.15) is 11.5 Å². The van der Waals surface area contributed by atoms with Crippen molar-refractivity contribution in [2.24, 2.45) is 0 Å². The van der Waals surface area contributed by atoms with E-state index in [1.54, 1.807) is 31.2 Å². The number of hydrogen-bond donors (Lipinski definition) is 0. The molecular weight excluding hydrogens is 320 g/mol. The summed E-state index contributed by atoms with van der Waals surface area (Å²) < 4.78 is 15.8. The number of fused-ring (bicyclic) bond motifs is 1. The summed E-state index contributed by atoms with van der Waals surface area (Å²) in [5, 5.41) is 0. The Kier molecular flexibility index (Phi) is 4.84. The van der Waals surface area contributed by atoms with Gasteiger partial charge >= 0.3 is 5.97 Å². The largest absolute Gasteiger partial charge is 0.482 e. The Balaban J connectivity index is 1.76. The van der Waals surface area contributed by atoms with E-state index in [9.17, 15) is 9.59 Å². The van der Waals surface area contributed by atoms with E-state index in [1.807, 2.05) is 31.2 Å². The summed E-state index contributed by atoms with van der Waals surface area (Å²) in [5.74, 6) is 0.512. The smallest absolute Gasteiger partial charge is 0.344 e. The Hall–Kier alpha value is -3.08. The molecule has 5 nitrogen and oxygen atoms in total. The third-order valence-corrected chi connectivity index (χ3v) is 3.64. The lowest BCUT2D eigenvalue weighted by Gasteiger charge is -2.06. The van der Waals surface area contributed by atoms with Crippen molar-refractivity contribution in [3.63, 3.8) is 0 Å². The summed E-state index contributed by atoms with van der Waals surface area (Å²) >= 11 is 0. The number of esters is 1. The molecule has 1 aliphatic heterocycles. The maximum Gasteiger partial charge on any atom is 0.344 e. The van der Waals surface area contributed by atoms with Crippen LogP contribution in [0.3, 0.4) is 0 Å². The van der Waals surface area contributed by atoms with Crippen molar-refractivity contribution < 1.29 is 23.8 Å². The van der Waals surface area contributed by atoms with E-state index in [0.717, 1.165) is 11.1 Å². The first-order valence-electron chi connectivity index (χ1n) is 8.00. The molecule has 0 unspecified atom stereocenters. The molecule has 1 heterocycles. The highest BCUT2D eigenvalue weighted by Crippen LogP contribution is 2.34. The molecule has 2 aromatic rings. The molecule has 0 spiro atoms. The Morgan fingerprint density at radius 3 is 2.80 bits per heavy atom. The summed E-state index contributed by atoms with van der Waals surface area (Å²) in [6.07, 6.45) is 1.72. The molecule has 5 heteroatoms. The summed E-state index contributed by atoms with van der Waals surface area (Å²) in [6.45, 7) is 3.83. The average Bonchev–Trinajstić information content (AvgIpc) is 2.89. The SMILES string of the molecule is CCOC(=O)COc1ccc2c(c1)O/C(=C\c1cccc(C)c1)C2=O. The van der Waals surface area contributed by atoms with Gasteiger partial charge in [0, 0.05) is 6.07 Å². The number of ether oxygens (including phenoxy) is 3. The van der Waals surface area contributed by atoms with Crippen LogP contribution in [0.25, 0.3) is 6.08 Å². The summed E-state index contributed by atoms with van der Waals surface area (Å²) in [6, 6.07) is 12.7. The molecule has 3 rings (SSSR count). The number of aryl methyl sites for hydroxylation is 1. The number of hydrogen-bond acceptors (Lipinski definition) is 5. The summed E-state index contributed by atoms with van der Waals surface area (Å²) in [4.78, 5) is 23.8. The van der Waals surface area contributed by atoms with Crippen molar-refractivity contribution in [1.82, 2.24) is 0 Å². The Morgan fingerprint density at radius 1 is 1.20 bits per heavy atom. The second-order valence-corrected chi connectivity index (χ2v) is 5.61. The van der Waals surface area contributed by atoms with Crippen LogP contribution in [0.4, 0.5) is 0 Å². The maximum atomic E-state index is 12.4. The quantitative estimate of drug-likeness (QED) is 0.616. The van der Waals surface area contributed by atoms with Crippen molar-refractivity contribution in [2.45, 2.75) is 13.8 Å². The first kappa shape index (κ1) is 16.8. The van der Waals surface area contributed by atoms with Gasteiger partial charge in [-0.05, 0) is 37.6 Å². The fourth-order valence-corrected chi connectivity index (χ4v) is 2.51. The van der Waals surface area contributed by atoms with Crippen molar-refractivity contribution in [1.29, 1.82) is 0 Å². The second kappa shape index (κ2) is 7.21. The number of allylic oxidation sites excluding steroid dienone is 1. The van der Waals surface area contributed by atoms with Crippen LogP contribution in [0.2, 0.25) is 0 Å². The standard InChI is InChI=1S/C20H18O5/c1-3-23-19(21)12-24-15-7-8-16-17(11-15)25-18(20(16)22)10-14-6-4-5-13(2)9-14/h4-11H,3,12H2,1-2H3/b18-10-. The monoisotopic (exact) mass is 338 g/mol. The predicted molar refractivity (Wildman–Crippen MR) is 92.7 cm³/mol. The van der Waals surface area contributed by atoms with Gasteiger partial charge in [0.05, 0.1) is 12.2 Å². The molecule has 1 aliphatic rings. The second-order valence-electron chi connectivity index (χ2n) is 5.61. The van der Waals surface area contributed by atoms with Crippen molar-refractivity contribution in [2.75, 3.05) is 13.2 Å². The average molecular weight is 338 g/mol. The lowest BCUT2D eigenvalue weighted by molar-refractivity contribution is -0.145. The Bertz CT molecular complexity index is 851. The van der Waals surface area contributed by atoms with Crippen LogP contribution < -0.4 is 9.47 Å². The van der Waals surface area contributed by atoms with E-state index >= 15 is 0 Å². The highest BCUT2D eigenvalue weighted by molar-refractivity contribution is 6.14. The molecule has 0 aliphatic carbocycles. The lowest BCUT2D eigenvalue weighted by Crippen LogP contribution is -2.14. The van der Waals surface area contributed by atoms with Gasteiger partial charge in [-0.2, -0.15) is 0 Å². The molecule has 2 aromatic carbocycles. The van der Waals surface area contributed by atoms with Crippen LogP contribution in [0.1, 0.15) is 28.4 Å². The minimum Gasteiger partial charge on any atom is -0.482 e. The van der Waals surface area contributed by atoms with Gasteiger partial charge in [0.25, 0.3) is 0 Å². The molecule has 0 atom stereocenters. The van der Waals surface area contributed by atoms with Gasteiger partial charge in [0.2, 0.25) is 5.78 Å². The fraction of sp³-hybridized carbons (Fsp3) is 0.200. The van der Waals surface area contributed by atoms with E-state index in [2.05, 4.69) is 0 Å². The first-order chi connectivity index (χ1) is 12.1. The molecule has 0 saturated heterocycles. The lowest BCUT2D eigenvalue weighted by atomic mass is 10.1. The molecule has 0 bridgehead atoms. The molecule has 0 fully saturated rings. The van der Waals surface area contributed by atoms with Crippen molar-refractivity contribution in [3.8, 4) is 11.5 Å². The van der Waals surface area contributed by atoms with Gasteiger partial charge in [0.15, 0.2) is 12.4 Å². The van der Waals surface area contributed by atoms with Crippen LogP contribution in [0.5, 0.6) is 11.5 Å². The third kappa shape index (κ3) is 3.88. The van der Waals surface area contributed by atoms with Gasteiger partial charge < -0.3 is 14.2 Å². The van der Waals surface area contributed by atoms with Crippen molar-refractivity contribution in [3.05, 3.63) is 64.9 Å². The number of carbonyl (C=O) groups is 2. The molecule has 0 radical (unpaired) electrons. The number of ketones is 1. The molecule has 25 heavy (non-hydrogen) atoms. The zero-order valence-electron chi connectivity index (χ0n) is 14.1. The van der Waals surface area contributed by atoms with Gasteiger partial charge in [-0.1, -0.05) is 29.8 Å². The first-order valence-corrected chi connectivity index (χ1v) is 8.00. The van der Waals surface area contributed by atoms with Gasteiger partial charge in [-0.25, -0.2) is 4.79 Å². The van der Waals surface area contributed by atoms with Gasteiger partial charge in [-0.3, -0.25) is 4.79 Å². The molecule has 128 valence electrons. The number of benzene rings is 2. The Morgan fingerprint density at radius 2 is 2.04 bits per heavy atom. The normalized spacial score (nSPS) is 14.2. The highest BCUT2D eigenvalue weighted by Gasteiger charge is 2.27. The van der Waals surface area contributed by atoms with Gasteiger partial charge in [-0.15, -0.1) is 0 Å². The highest BCUT2D eigenvalue weighted by atomic mass is 16.6. The molecular formula is C20H18O5. The molecule has 0 saturated carbocycles. The van der Waals surface area contributed by atoms with E-state index in [0.29, 0.717) is 23.7 Å². The topological polar surface area (TPSA) is 61.8 Å². The van der Waals surface area contributed by atoms with Crippen LogP contribution >= 0.6 is 0 Å². The molecule has 0 N–H and O–H groups in total. The third-order valence-electron chi connectivity index (χ3n) is 3.64. The van der Waals surface area contributed by atoms with Crippen LogP contribution in [0.15, 0.2) is 48.2 Å². The summed E-state index contributed by atoms with van der Waals surface area (Å²) in [7, 11) is 0. The fourth-order valence-electron chi connectivity index (χ4n) is 2.51. The van der Waals surface area contributed by atoms with E-state index in [1.165, 1.54) is 0 Å². The van der Waals surface area contributed by atoms with Crippen LogP contribution in [-0.2, 0) is 9.53 Å². The van der Waals surface area contributed by atoms with Crippen LogP contribution in [-0.4, -0.2) is 25.0 Å². The van der Waals surface area contributed by atoms with E-state index in [-0.39, 0.29) is 18.1 Å². The maximum absolute atomic E-state index is 12.4. The number of carbonyl (C=O) groups excluding carboxylic acids is 2. The molecule has 0 aromatic heterocycles. The Labute approximate surface area is 145 Å². The van der Waals surface area contributed by atoms with E-state index in [4.69, 9.17) is 14.2 Å². The zero-order valence-corrected chi connectivity index (χ0v) is 14.1. The van der Waals surface area contributed by atoms with Crippen molar-refractivity contribution >= 4 is 17.8 Å². The summed E-state index contributed by atoms with van der Waals surface area (Å²) in [5.41, 5.74) is 2.48. The minimum absolute atomic E-state index is 0.173. The zero-order chi connectivity index (χ0) is 17.8. The number of rotatable bonds is 5. The molecule has 0 amide bonds. The minimum atomic E-state index is -0.444.